The number of pyridine rings is 1. The Morgan fingerprint density at radius 1 is 1.21 bits per heavy atom. The summed E-state index contributed by atoms with van der Waals surface area (Å²) in [5.41, 5.74) is 10.3. The molecule has 98 valence electrons. The van der Waals surface area contributed by atoms with Crippen LogP contribution >= 0.6 is 0 Å². The van der Waals surface area contributed by atoms with Crippen LogP contribution in [0.3, 0.4) is 0 Å². The third-order valence-electron chi connectivity index (χ3n) is 4.27. The van der Waals surface area contributed by atoms with Crippen LogP contribution in [0.5, 0.6) is 0 Å². The van der Waals surface area contributed by atoms with Gasteiger partial charge in [-0.15, -0.1) is 0 Å². The van der Waals surface area contributed by atoms with Gasteiger partial charge in [0.25, 0.3) is 0 Å². The first-order valence-electron chi connectivity index (χ1n) is 6.97. The van der Waals surface area contributed by atoms with Gasteiger partial charge in [0.2, 0.25) is 0 Å². The van der Waals surface area contributed by atoms with Crippen LogP contribution in [-0.2, 0) is 12.0 Å². The van der Waals surface area contributed by atoms with Gasteiger partial charge in [-0.2, -0.15) is 0 Å². The molecule has 2 N–H and O–H groups in total. The van der Waals surface area contributed by atoms with Crippen molar-refractivity contribution < 1.29 is 0 Å². The maximum Gasteiger partial charge on any atom is 0.0468 e. The first-order chi connectivity index (χ1) is 9.19. The van der Waals surface area contributed by atoms with E-state index in [0.717, 1.165) is 25.0 Å². The fraction of sp³-hybridized carbons (Fsp3) is 0.353. The fourth-order valence-corrected chi connectivity index (χ4v) is 3.15. The Kier molecular flexibility index (Phi) is 3.11. The van der Waals surface area contributed by atoms with Crippen molar-refractivity contribution in [3.63, 3.8) is 0 Å². The minimum absolute atomic E-state index is 0.266. The monoisotopic (exact) mass is 252 g/mol. The Hall–Kier alpha value is -1.67. The van der Waals surface area contributed by atoms with Crippen molar-refractivity contribution in [1.82, 2.24) is 4.98 Å². The number of aromatic nitrogens is 1. The average Bonchev–Trinajstić information content (AvgIpc) is 2.45. The summed E-state index contributed by atoms with van der Waals surface area (Å²) >= 11 is 0. The van der Waals surface area contributed by atoms with Crippen LogP contribution in [-0.4, -0.2) is 4.98 Å². The van der Waals surface area contributed by atoms with Crippen molar-refractivity contribution >= 4 is 0 Å². The van der Waals surface area contributed by atoms with Gasteiger partial charge in [0.1, 0.15) is 0 Å². The molecule has 19 heavy (non-hydrogen) atoms. The predicted octanol–water partition coefficient (Wildman–Crippen LogP) is 3.38. The molecule has 1 aromatic heterocycles. The van der Waals surface area contributed by atoms with Crippen molar-refractivity contribution in [2.24, 2.45) is 5.73 Å². The van der Waals surface area contributed by atoms with E-state index in [1.165, 1.54) is 11.1 Å². The smallest absolute Gasteiger partial charge is 0.0468 e. The van der Waals surface area contributed by atoms with E-state index in [0.29, 0.717) is 5.92 Å². The Morgan fingerprint density at radius 2 is 2.00 bits per heavy atom. The molecular weight excluding hydrogens is 232 g/mol. The lowest BCUT2D eigenvalue weighted by molar-refractivity contribution is 0.346. The second-order valence-corrected chi connectivity index (χ2v) is 5.68. The lowest BCUT2D eigenvalue weighted by atomic mass is 9.71. The van der Waals surface area contributed by atoms with Crippen LogP contribution in [0.2, 0.25) is 0 Å². The van der Waals surface area contributed by atoms with E-state index in [2.05, 4.69) is 42.2 Å². The third-order valence-corrected chi connectivity index (χ3v) is 4.27. The number of nitrogens with zero attached hydrogens (tertiary/aromatic N) is 1. The zero-order chi connectivity index (χ0) is 13.3. The molecule has 2 heteroatoms. The van der Waals surface area contributed by atoms with Gasteiger partial charge in [-0.05, 0) is 42.0 Å². The van der Waals surface area contributed by atoms with Crippen LogP contribution in [0.15, 0.2) is 48.7 Å². The largest absolute Gasteiger partial charge is 0.321 e. The standard InChI is InChI=1S/C17H20N2/c1-13-9-10-17(18,12-14-6-4-5-11-19-14)16-8-3-2-7-15(13)16/h2-8,11,13H,9-10,12,18H2,1H3. The number of hydrogen-bond acceptors (Lipinski definition) is 2. The highest BCUT2D eigenvalue weighted by Crippen LogP contribution is 2.41. The highest BCUT2D eigenvalue weighted by atomic mass is 14.8. The Morgan fingerprint density at radius 3 is 2.79 bits per heavy atom. The molecule has 2 nitrogen and oxygen atoms in total. The first kappa shape index (κ1) is 12.4. The third kappa shape index (κ3) is 2.28. The minimum Gasteiger partial charge on any atom is -0.321 e. The molecule has 0 spiro atoms. The maximum atomic E-state index is 6.72. The van der Waals surface area contributed by atoms with E-state index in [9.17, 15) is 0 Å². The van der Waals surface area contributed by atoms with Crippen molar-refractivity contribution in [2.45, 2.75) is 37.6 Å². The van der Waals surface area contributed by atoms with Crippen LogP contribution < -0.4 is 5.73 Å². The molecule has 0 aliphatic heterocycles. The lowest BCUT2D eigenvalue weighted by Gasteiger charge is -2.38. The SMILES string of the molecule is CC1CCC(N)(Cc2ccccn2)c2ccccc21. The Labute approximate surface area is 114 Å². The van der Waals surface area contributed by atoms with Gasteiger partial charge in [-0.25, -0.2) is 0 Å². The number of fused-ring (bicyclic) bond motifs is 1. The summed E-state index contributed by atoms with van der Waals surface area (Å²) < 4.78 is 0. The molecule has 0 fully saturated rings. The van der Waals surface area contributed by atoms with E-state index in [-0.39, 0.29) is 5.54 Å². The normalized spacial score (nSPS) is 25.9. The van der Waals surface area contributed by atoms with Gasteiger partial charge in [0, 0.05) is 23.9 Å². The van der Waals surface area contributed by atoms with E-state index >= 15 is 0 Å². The Bertz CT molecular complexity index is 564. The molecule has 0 saturated carbocycles. The van der Waals surface area contributed by atoms with Crippen LogP contribution in [0.1, 0.15) is 42.5 Å². The number of benzene rings is 1. The molecule has 0 amide bonds. The summed E-state index contributed by atoms with van der Waals surface area (Å²) in [5.74, 6) is 0.608. The van der Waals surface area contributed by atoms with Gasteiger partial charge in [0.15, 0.2) is 0 Å². The van der Waals surface area contributed by atoms with Crippen LogP contribution in [0.4, 0.5) is 0 Å². The van der Waals surface area contributed by atoms with Gasteiger partial charge in [-0.3, -0.25) is 4.98 Å². The summed E-state index contributed by atoms with van der Waals surface area (Å²) in [6, 6.07) is 14.7. The molecule has 0 bridgehead atoms. The van der Waals surface area contributed by atoms with Gasteiger partial charge < -0.3 is 5.73 Å². The van der Waals surface area contributed by atoms with E-state index in [1.54, 1.807) is 0 Å². The summed E-state index contributed by atoms with van der Waals surface area (Å²) in [6.07, 6.45) is 4.84. The minimum atomic E-state index is -0.266. The molecule has 1 aliphatic carbocycles. The topological polar surface area (TPSA) is 38.9 Å². The maximum absolute atomic E-state index is 6.72. The lowest BCUT2D eigenvalue weighted by Crippen LogP contribution is -2.42. The van der Waals surface area contributed by atoms with Crippen molar-refractivity contribution in [3.05, 3.63) is 65.5 Å². The molecule has 2 unspecified atom stereocenters. The molecule has 2 atom stereocenters. The number of hydrogen-bond donors (Lipinski definition) is 1. The second-order valence-electron chi connectivity index (χ2n) is 5.68. The molecule has 0 saturated heterocycles. The summed E-state index contributed by atoms with van der Waals surface area (Å²) in [7, 11) is 0. The Balaban J connectivity index is 1.99. The van der Waals surface area contributed by atoms with Crippen molar-refractivity contribution in [3.8, 4) is 0 Å². The zero-order valence-corrected chi connectivity index (χ0v) is 11.3. The van der Waals surface area contributed by atoms with Crippen molar-refractivity contribution in [1.29, 1.82) is 0 Å². The highest BCUT2D eigenvalue weighted by molar-refractivity contribution is 5.39. The molecule has 3 rings (SSSR count). The summed E-state index contributed by atoms with van der Waals surface area (Å²) in [6.45, 7) is 2.29. The van der Waals surface area contributed by atoms with Crippen LogP contribution in [0, 0.1) is 0 Å². The van der Waals surface area contributed by atoms with Gasteiger partial charge in [-0.1, -0.05) is 37.3 Å². The van der Waals surface area contributed by atoms with Crippen molar-refractivity contribution in [2.75, 3.05) is 0 Å². The number of rotatable bonds is 2. The predicted molar refractivity (Wildman–Crippen MR) is 77.9 cm³/mol. The van der Waals surface area contributed by atoms with E-state index in [1.807, 2.05) is 18.3 Å². The fourth-order valence-electron chi connectivity index (χ4n) is 3.15. The van der Waals surface area contributed by atoms with E-state index in [4.69, 9.17) is 5.73 Å². The molecular formula is C17H20N2. The summed E-state index contributed by atoms with van der Waals surface area (Å²) in [5, 5.41) is 0. The zero-order valence-electron chi connectivity index (χ0n) is 11.3. The molecule has 1 aromatic carbocycles. The number of nitrogens with two attached hydrogens (primary N) is 1. The summed E-state index contributed by atoms with van der Waals surface area (Å²) in [4.78, 5) is 4.43. The average molecular weight is 252 g/mol. The molecule has 2 aromatic rings. The quantitative estimate of drug-likeness (QED) is 0.890. The molecule has 0 radical (unpaired) electrons. The van der Waals surface area contributed by atoms with Gasteiger partial charge in [0.05, 0.1) is 0 Å². The first-order valence-corrected chi connectivity index (χ1v) is 6.97. The highest BCUT2D eigenvalue weighted by Gasteiger charge is 2.35. The van der Waals surface area contributed by atoms with Gasteiger partial charge >= 0.3 is 0 Å². The molecule has 1 heterocycles. The van der Waals surface area contributed by atoms with Crippen LogP contribution in [0.25, 0.3) is 0 Å². The van der Waals surface area contributed by atoms with E-state index < -0.39 is 0 Å². The molecule has 1 aliphatic rings. The second kappa shape index (κ2) is 4.78.